The van der Waals surface area contributed by atoms with Crippen molar-refractivity contribution < 1.29 is 4.74 Å². The van der Waals surface area contributed by atoms with Crippen LogP contribution >= 0.6 is 15.9 Å². The van der Waals surface area contributed by atoms with Crippen LogP contribution in [-0.2, 0) is 6.54 Å². The second-order valence-electron chi connectivity index (χ2n) is 3.85. The van der Waals surface area contributed by atoms with Gasteiger partial charge in [0, 0.05) is 22.6 Å². The highest BCUT2D eigenvalue weighted by atomic mass is 79.9. The third-order valence-electron chi connectivity index (χ3n) is 2.81. The average molecular weight is 286 g/mol. The molecule has 16 heavy (non-hydrogen) atoms. The molecule has 0 saturated carbocycles. The second kappa shape index (κ2) is 6.92. The molecule has 0 unspecified atom stereocenters. The summed E-state index contributed by atoms with van der Waals surface area (Å²) in [5, 5.41) is 3.54. The summed E-state index contributed by atoms with van der Waals surface area (Å²) in [6, 6.07) is 6.69. The fourth-order valence-corrected chi connectivity index (χ4v) is 2.13. The Balaban J connectivity index is 2.68. The van der Waals surface area contributed by atoms with E-state index in [1.807, 2.05) is 12.1 Å². The van der Waals surface area contributed by atoms with Crippen LogP contribution in [0.15, 0.2) is 22.7 Å². The lowest BCUT2D eigenvalue weighted by atomic mass is 10.1. The Hall–Kier alpha value is -0.540. The zero-order valence-corrected chi connectivity index (χ0v) is 11.8. The van der Waals surface area contributed by atoms with E-state index in [2.05, 4.69) is 41.2 Å². The second-order valence-corrected chi connectivity index (χ2v) is 4.77. The Bertz CT molecular complexity index is 324. The van der Waals surface area contributed by atoms with Crippen LogP contribution in [0.1, 0.15) is 32.3 Å². The molecule has 0 heterocycles. The van der Waals surface area contributed by atoms with Gasteiger partial charge in [0.25, 0.3) is 0 Å². The van der Waals surface area contributed by atoms with Gasteiger partial charge in [0.1, 0.15) is 5.75 Å². The predicted octanol–water partition coefficient (Wildman–Crippen LogP) is 3.74. The first-order valence-corrected chi connectivity index (χ1v) is 6.56. The Morgan fingerprint density at radius 3 is 2.56 bits per heavy atom. The van der Waals surface area contributed by atoms with Crippen LogP contribution in [0.3, 0.4) is 0 Å². The quantitative estimate of drug-likeness (QED) is 0.860. The van der Waals surface area contributed by atoms with Crippen molar-refractivity contribution in [3.8, 4) is 5.75 Å². The smallest absolute Gasteiger partial charge is 0.123 e. The van der Waals surface area contributed by atoms with E-state index in [-0.39, 0.29) is 0 Å². The summed E-state index contributed by atoms with van der Waals surface area (Å²) in [4.78, 5) is 0. The van der Waals surface area contributed by atoms with Crippen molar-refractivity contribution in [1.82, 2.24) is 5.32 Å². The molecule has 0 bridgehead atoms. The van der Waals surface area contributed by atoms with Gasteiger partial charge in [0.15, 0.2) is 0 Å². The summed E-state index contributed by atoms with van der Waals surface area (Å²) in [5.41, 5.74) is 1.20. The molecular formula is C13H20BrNO. The molecule has 1 rings (SSSR count). The van der Waals surface area contributed by atoms with Gasteiger partial charge in [-0.2, -0.15) is 0 Å². The first-order valence-electron chi connectivity index (χ1n) is 5.77. The van der Waals surface area contributed by atoms with Crippen molar-refractivity contribution in [2.75, 3.05) is 7.11 Å². The van der Waals surface area contributed by atoms with Gasteiger partial charge < -0.3 is 10.1 Å². The maximum absolute atomic E-state index is 5.34. The van der Waals surface area contributed by atoms with Crippen molar-refractivity contribution >= 4 is 15.9 Å². The Kier molecular flexibility index (Phi) is 5.85. The minimum Gasteiger partial charge on any atom is -0.496 e. The lowest BCUT2D eigenvalue weighted by Gasteiger charge is -2.16. The third kappa shape index (κ3) is 3.80. The largest absolute Gasteiger partial charge is 0.496 e. The number of halogens is 1. The molecule has 2 nitrogen and oxygen atoms in total. The maximum Gasteiger partial charge on any atom is 0.123 e. The van der Waals surface area contributed by atoms with Crippen molar-refractivity contribution in [2.24, 2.45) is 0 Å². The topological polar surface area (TPSA) is 21.3 Å². The number of nitrogens with one attached hydrogen (secondary N) is 1. The molecule has 0 atom stereocenters. The highest BCUT2D eigenvalue weighted by Crippen LogP contribution is 2.22. The van der Waals surface area contributed by atoms with Gasteiger partial charge in [-0.3, -0.25) is 0 Å². The fraction of sp³-hybridized carbons (Fsp3) is 0.538. The standard InChI is InChI=1S/C13H20BrNO/c1-4-12(5-2)15-9-10-8-11(14)6-7-13(10)16-3/h6-8,12,15H,4-5,9H2,1-3H3. The summed E-state index contributed by atoms with van der Waals surface area (Å²) in [5.74, 6) is 0.946. The van der Waals surface area contributed by atoms with Crippen LogP contribution in [0.2, 0.25) is 0 Å². The van der Waals surface area contributed by atoms with E-state index < -0.39 is 0 Å². The summed E-state index contributed by atoms with van der Waals surface area (Å²) < 4.78 is 6.43. The molecule has 0 fully saturated rings. The SMILES string of the molecule is CCC(CC)NCc1cc(Br)ccc1OC. The van der Waals surface area contributed by atoms with E-state index in [1.165, 1.54) is 5.56 Å². The Morgan fingerprint density at radius 2 is 2.00 bits per heavy atom. The molecule has 0 saturated heterocycles. The normalized spacial score (nSPS) is 10.8. The van der Waals surface area contributed by atoms with Gasteiger partial charge in [-0.25, -0.2) is 0 Å². The number of rotatable bonds is 6. The number of ether oxygens (including phenoxy) is 1. The molecule has 0 aliphatic carbocycles. The lowest BCUT2D eigenvalue weighted by molar-refractivity contribution is 0.403. The van der Waals surface area contributed by atoms with E-state index in [0.29, 0.717) is 6.04 Å². The molecule has 0 aliphatic rings. The van der Waals surface area contributed by atoms with E-state index in [4.69, 9.17) is 4.74 Å². The predicted molar refractivity (Wildman–Crippen MR) is 71.9 cm³/mol. The van der Waals surface area contributed by atoms with Gasteiger partial charge in [0.2, 0.25) is 0 Å². The van der Waals surface area contributed by atoms with Crippen molar-refractivity contribution in [3.05, 3.63) is 28.2 Å². The van der Waals surface area contributed by atoms with Gasteiger partial charge in [-0.15, -0.1) is 0 Å². The molecule has 90 valence electrons. The Labute approximate surface area is 107 Å². The number of hydrogen-bond acceptors (Lipinski definition) is 2. The van der Waals surface area contributed by atoms with Gasteiger partial charge in [-0.1, -0.05) is 29.8 Å². The van der Waals surface area contributed by atoms with Crippen LogP contribution in [0.5, 0.6) is 5.75 Å². The first kappa shape index (κ1) is 13.5. The van der Waals surface area contributed by atoms with Crippen LogP contribution in [0, 0.1) is 0 Å². The molecule has 0 radical (unpaired) electrons. The number of benzene rings is 1. The first-order chi connectivity index (χ1) is 7.71. The summed E-state index contributed by atoms with van der Waals surface area (Å²) in [7, 11) is 1.71. The van der Waals surface area contributed by atoms with Crippen molar-refractivity contribution in [2.45, 2.75) is 39.3 Å². The van der Waals surface area contributed by atoms with Crippen LogP contribution in [-0.4, -0.2) is 13.2 Å². The summed E-state index contributed by atoms with van der Waals surface area (Å²) in [6.45, 7) is 5.27. The van der Waals surface area contributed by atoms with E-state index in [0.717, 1.165) is 29.6 Å². The zero-order chi connectivity index (χ0) is 12.0. The molecule has 3 heteroatoms. The van der Waals surface area contributed by atoms with Gasteiger partial charge in [-0.05, 0) is 31.0 Å². The van der Waals surface area contributed by atoms with Crippen LogP contribution in [0.4, 0.5) is 0 Å². The third-order valence-corrected chi connectivity index (χ3v) is 3.30. The monoisotopic (exact) mass is 285 g/mol. The molecule has 1 aromatic rings. The average Bonchev–Trinajstić information content (AvgIpc) is 2.30. The minimum atomic E-state index is 0.587. The lowest BCUT2D eigenvalue weighted by Crippen LogP contribution is -2.27. The van der Waals surface area contributed by atoms with E-state index >= 15 is 0 Å². The summed E-state index contributed by atoms with van der Waals surface area (Å²) >= 11 is 3.48. The van der Waals surface area contributed by atoms with Crippen LogP contribution < -0.4 is 10.1 Å². The molecule has 1 aromatic carbocycles. The van der Waals surface area contributed by atoms with Gasteiger partial charge >= 0.3 is 0 Å². The maximum atomic E-state index is 5.34. The molecule has 0 spiro atoms. The number of hydrogen-bond donors (Lipinski definition) is 1. The Morgan fingerprint density at radius 1 is 1.31 bits per heavy atom. The molecule has 1 N–H and O–H groups in total. The minimum absolute atomic E-state index is 0.587. The highest BCUT2D eigenvalue weighted by Gasteiger charge is 2.06. The van der Waals surface area contributed by atoms with Crippen molar-refractivity contribution in [3.63, 3.8) is 0 Å². The van der Waals surface area contributed by atoms with Crippen LogP contribution in [0.25, 0.3) is 0 Å². The fourth-order valence-electron chi connectivity index (χ4n) is 1.72. The zero-order valence-electron chi connectivity index (χ0n) is 10.2. The molecule has 0 aliphatic heterocycles. The van der Waals surface area contributed by atoms with Crippen molar-refractivity contribution in [1.29, 1.82) is 0 Å². The number of methoxy groups -OCH3 is 1. The van der Waals surface area contributed by atoms with Gasteiger partial charge in [0.05, 0.1) is 7.11 Å². The molecular weight excluding hydrogens is 266 g/mol. The van der Waals surface area contributed by atoms with E-state index in [9.17, 15) is 0 Å². The molecule has 0 amide bonds. The van der Waals surface area contributed by atoms with E-state index in [1.54, 1.807) is 7.11 Å². The highest BCUT2D eigenvalue weighted by molar-refractivity contribution is 9.10. The summed E-state index contributed by atoms with van der Waals surface area (Å²) in [6.07, 6.45) is 2.32. The molecule has 0 aromatic heterocycles.